The van der Waals surface area contributed by atoms with Gasteiger partial charge in [-0.1, -0.05) is 66.7 Å². The summed E-state index contributed by atoms with van der Waals surface area (Å²) in [6.07, 6.45) is 4.02. The number of hydrogen-bond acceptors (Lipinski definition) is 8. The number of esters is 1. The van der Waals surface area contributed by atoms with Crippen LogP contribution in [0.15, 0.2) is 120 Å². The zero-order chi connectivity index (χ0) is 38.0. The van der Waals surface area contributed by atoms with Crippen LogP contribution in [-0.4, -0.2) is 42.7 Å². The highest BCUT2D eigenvalue weighted by molar-refractivity contribution is 8.00. The molecular weight excluding hydrogens is 719 g/mol. The monoisotopic (exact) mass is 759 g/mol. The molecule has 0 saturated heterocycles. The normalized spacial score (nSPS) is 14.3. The molecule has 276 valence electrons. The number of benzene rings is 4. The standard InChI is InChI=1S/C43H41N3O6S2/c1-4-52-43(50)38-35-23-20-31(29-12-7-5-8-13-29)25-37(35)54-42(38)46-39(47)27(2)53-34-17-11-16-32(26-34)44-41(49)36(24-28-18-21-33(51-3)22-19-28)45-40(48)30-14-9-6-10-15-30/h5-19,21-22,24,26-27,31H,4,20,23,25H2,1-3H3,(H,44,49)(H,45,48)(H,46,47)/b36-24+. The molecule has 6 rings (SSSR count). The van der Waals surface area contributed by atoms with Crippen molar-refractivity contribution in [2.45, 2.75) is 49.2 Å². The maximum atomic E-state index is 13.6. The Labute approximate surface area is 323 Å². The number of carbonyl (C=O) groups excluding carboxylic acids is 4. The van der Waals surface area contributed by atoms with Gasteiger partial charge in [0, 0.05) is 21.0 Å². The summed E-state index contributed by atoms with van der Waals surface area (Å²) in [7, 11) is 1.57. The minimum Gasteiger partial charge on any atom is -0.497 e. The van der Waals surface area contributed by atoms with Crippen LogP contribution in [0, 0.1) is 0 Å². The third-order valence-electron chi connectivity index (χ3n) is 8.98. The Morgan fingerprint density at radius 2 is 1.63 bits per heavy atom. The summed E-state index contributed by atoms with van der Waals surface area (Å²) in [4.78, 5) is 55.4. The Hall–Kier alpha value is -5.65. The average molecular weight is 760 g/mol. The number of fused-ring (bicyclic) bond motifs is 1. The van der Waals surface area contributed by atoms with Gasteiger partial charge < -0.3 is 25.4 Å². The van der Waals surface area contributed by atoms with Gasteiger partial charge >= 0.3 is 5.97 Å². The number of anilines is 2. The van der Waals surface area contributed by atoms with Crippen LogP contribution >= 0.6 is 23.1 Å². The molecule has 0 aliphatic heterocycles. The van der Waals surface area contributed by atoms with Gasteiger partial charge in [0.05, 0.1) is 24.5 Å². The fraction of sp³-hybridized carbons (Fsp3) is 0.209. The lowest BCUT2D eigenvalue weighted by molar-refractivity contribution is -0.115. The van der Waals surface area contributed by atoms with Crippen molar-refractivity contribution in [2.24, 2.45) is 0 Å². The maximum absolute atomic E-state index is 13.6. The number of thiophene rings is 1. The van der Waals surface area contributed by atoms with Crippen LogP contribution in [0.2, 0.25) is 0 Å². The van der Waals surface area contributed by atoms with E-state index in [1.54, 1.807) is 93.8 Å². The maximum Gasteiger partial charge on any atom is 0.341 e. The van der Waals surface area contributed by atoms with Crippen molar-refractivity contribution in [2.75, 3.05) is 24.4 Å². The summed E-state index contributed by atoms with van der Waals surface area (Å²) in [5.74, 6) is -0.629. The van der Waals surface area contributed by atoms with Gasteiger partial charge in [-0.25, -0.2) is 4.79 Å². The van der Waals surface area contributed by atoms with Crippen molar-refractivity contribution in [3.63, 3.8) is 0 Å². The van der Waals surface area contributed by atoms with Gasteiger partial charge in [-0.15, -0.1) is 23.1 Å². The lowest BCUT2D eigenvalue weighted by atomic mass is 9.83. The molecule has 0 bridgehead atoms. The molecule has 54 heavy (non-hydrogen) atoms. The molecule has 11 heteroatoms. The van der Waals surface area contributed by atoms with E-state index in [9.17, 15) is 19.2 Å². The van der Waals surface area contributed by atoms with Gasteiger partial charge in [0.1, 0.15) is 16.4 Å². The number of ether oxygens (including phenoxy) is 2. The van der Waals surface area contributed by atoms with E-state index in [1.807, 2.05) is 30.3 Å². The Kier molecular flexibility index (Phi) is 12.6. The van der Waals surface area contributed by atoms with Crippen molar-refractivity contribution in [1.82, 2.24) is 5.32 Å². The Morgan fingerprint density at radius 3 is 2.33 bits per heavy atom. The van der Waals surface area contributed by atoms with Crippen LogP contribution in [-0.2, 0) is 27.2 Å². The van der Waals surface area contributed by atoms with E-state index < -0.39 is 23.0 Å². The molecule has 0 radical (unpaired) electrons. The third-order valence-corrected chi connectivity index (χ3v) is 11.2. The smallest absolute Gasteiger partial charge is 0.341 e. The molecule has 3 N–H and O–H groups in total. The second kappa shape index (κ2) is 17.9. The van der Waals surface area contributed by atoms with E-state index in [-0.39, 0.29) is 18.2 Å². The van der Waals surface area contributed by atoms with E-state index >= 15 is 0 Å². The lowest BCUT2D eigenvalue weighted by Gasteiger charge is -2.23. The van der Waals surface area contributed by atoms with Crippen molar-refractivity contribution in [3.8, 4) is 5.75 Å². The van der Waals surface area contributed by atoms with Crippen molar-refractivity contribution in [1.29, 1.82) is 0 Å². The molecule has 1 aromatic heterocycles. The van der Waals surface area contributed by atoms with E-state index in [2.05, 4.69) is 28.1 Å². The van der Waals surface area contributed by atoms with E-state index in [4.69, 9.17) is 9.47 Å². The van der Waals surface area contributed by atoms with Crippen molar-refractivity contribution >= 4 is 63.6 Å². The molecule has 5 aromatic rings. The molecule has 1 heterocycles. The summed E-state index contributed by atoms with van der Waals surface area (Å²) in [6.45, 7) is 3.80. The number of carbonyl (C=O) groups is 4. The lowest BCUT2D eigenvalue weighted by Crippen LogP contribution is -2.30. The predicted molar refractivity (Wildman–Crippen MR) is 215 cm³/mol. The molecule has 0 saturated carbocycles. The zero-order valence-corrected chi connectivity index (χ0v) is 31.9. The molecule has 1 aliphatic carbocycles. The Bertz CT molecular complexity index is 2150. The van der Waals surface area contributed by atoms with Crippen molar-refractivity contribution in [3.05, 3.63) is 148 Å². The topological polar surface area (TPSA) is 123 Å². The van der Waals surface area contributed by atoms with Gasteiger partial charge in [-0.05, 0) is 104 Å². The first kappa shape index (κ1) is 38.1. The molecule has 0 spiro atoms. The second-order valence-electron chi connectivity index (χ2n) is 12.7. The molecule has 4 aromatic carbocycles. The Balaban J connectivity index is 1.15. The number of rotatable bonds is 13. The molecular formula is C43H41N3O6S2. The summed E-state index contributed by atoms with van der Waals surface area (Å²) in [6, 6.07) is 33.3. The van der Waals surface area contributed by atoms with Crippen LogP contribution < -0.4 is 20.7 Å². The fourth-order valence-corrected chi connectivity index (χ4v) is 8.47. The highest BCUT2D eigenvalue weighted by atomic mass is 32.2. The second-order valence-corrected chi connectivity index (χ2v) is 15.2. The van der Waals surface area contributed by atoms with Gasteiger partial charge in [0.2, 0.25) is 5.91 Å². The minimum absolute atomic E-state index is 0.0472. The molecule has 2 atom stereocenters. The van der Waals surface area contributed by atoms with Crippen LogP contribution in [0.3, 0.4) is 0 Å². The highest BCUT2D eigenvalue weighted by Crippen LogP contribution is 2.43. The number of thioether (sulfide) groups is 1. The van der Waals surface area contributed by atoms with E-state index in [1.165, 1.54) is 28.7 Å². The summed E-state index contributed by atoms with van der Waals surface area (Å²) in [5, 5.41) is 8.65. The van der Waals surface area contributed by atoms with Crippen LogP contribution in [0.25, 0.3) is 6.08 Å². The predicted octanol–water partition coefficient (Wildman–Crippen LogP) is 8.73. The van der Waals surface area contributed by atoms with Gasteiger partial charge in [0.25, 0.3) is 11.8 Å². The summed E-state index contributed by atoms with van der Waals surface area (Å²) in [5.41, 5.74) is 4.31. The van der Waals surface area contributed by atoms with Gasteiger partial charge in [0.15, 0.2) is 0 Å². The first-order valence-corrected chi connectivity index (χ1v) is 19.4. The van der Waals surface area contributed by atoms with Gasteiger partial charge in [-0.2, -0.15) is 0 Å². The molecule has 1 aliphatic rings. The summed E-state index contributed by atoms with van der Waals surface area (Å²) < 4.78 is 10.7. The highest BCUT2D eigenvalue weighted by Gasteiger charge is 2.31. The van der Waals surface area contributed by atoms with Gasteiger partial charge in [-0.3, -0.25) is 14.4 Å². The molecule has 3 amide bonds. The van der Waals surface area contributed by atoms with Crippen molar-refractivity contribution < 1.29 is 28.7 Å². The van der Waals surface area contributed by atoms with Crippen LogP contribution in [0.5, 0.6) is 5.75 Å². The largest absolute Gasteiger partial charge is 0.497 e. The number of methoxy groups -OCH3 is 1. The minimum atomic E-state index is -0.544. The molecule has 9 nitrogen and oxygen atoms in total. The fourth-order valence-electron chi connectivity index (χ4n) is 6.23. The first-order chi connectivity index (χ1) is 26.2. The average Bonchev–Trinajstić information content (AvgIpc) is 3.55. The van der Waals surface area contributed by atoms with E-state index in [0.29, 0.717) is 39.0 Å². The number of nitrogens with one attached hydrogen (secondary N) is 3. The number of hydrogen-bond donors (Lipinski definition) is 3. The third kappa shape index (κ3) is 9.47. The quantitative estimate of drug-likeness (QED) is 0.0624. The van der Waals surface area contributed by atoms with Crippen LogP contribution in [0.1, 0.15) is 68.5 Å². The van der Waals surface area contributed by atoms with Crippen LogP contribution in [0.4, 0.5) is 10.7 Å². The molecule has 0 fully saturated rings. The Morgan fingerprint density at radius 1 is 0.907 bits per heavy atom. The van der Waals surface area contributed by atoms with E-state index in [0.717, 1.165) is 34.6 Å². The molecule has 2 unspecified atom stereocenters. The zero-order valence-electron chi connectivity index (χ0n) is 30.2. The summed E-state index contributed by atoms with van der Waals surface area (Å²) >= 11 is 2.77. The first-order valence-electron chi connectivity index (χ1n) is 17.7. The SMILES string of the molecule is CCOC(=O)c1c(NC(=O)C(C)Sc2cccc(NC(=O)/C(=C\c3ccc(OC)cc3)NC(=O)c3ccccc3)c2)sc2c1CCC(c1ccccc1)C2. The number of amides is 3.